The lowest BCUT2D eigenvalue weighted by Gasteiger charge is -2.24. The standard InChI is InChI=1S/C12H16N2O3S/c13-18(16,17)11-6-4-9(5-7-11)8-14-12(15)10-2-1-3-10/h4-7,10H,1-3,8H2,(H,14,15)(H2,13,16,17). The third-order valence-corrected chi connectivity index (χ3v) is 4.12. The molecule has 0 bridgehead atoms. The fourth-order valence-electron chi connectivity index (χ4n) is 1.80. The lowest BCUT2D eigenvalue weighted by atomic mass is 9.85. The molecule has 0 spiro atoms. The minimum atomic E-state index is -3.65. The molecule has 18 heavy (non-hydrogen) atoms. The van der Waals surface area contributed by atoms with Crippen LogP contribution in [0.5, 0.6) is 0 Å². The third kappa shape index (κ3) is 3.08. The minimum absolute atomic E-state index is 0.0802. The van der Waals surface area contributed by atoms with Crippen molar-refractivity contribution in [2.75, 3.05) is 0 Å². The Bertz CT molecular complexity index is 533. The molecule has 1 aliphatic rings. The SMILES string of the molecule is NS(=O)(=O)c1ccc(CNC(=O)C2CCC2)cc1. The Labute approximate surface area is 106 Å². The van der Waals surface area contributed by atoms with Gasteiger partial charge in [0.25, 0.3) is 0 Å². The molecule has 0 heterocycles. The molecule has 1 aromatic rings. The molecule has 3 N–H and O–H groups in total. The normalized spacial score (nSPS) is 16.1. The first-order chi connectivity index (χ1) is 8.47. The van der Waals surface area contributed by atoms with Gasteiger partial charge in [-0.05, 0) is 30.5 Å². The van der Waals surface area contributed by atoms with Crippen molar-refractivity contribution in [3.63, 3.8) is 0 Å². The van der Waals surface area contributed by atoms with Crippen molar-refractivity contribution in [2.24, 2.45) is 11.1 Å². The van der Waals surface area contributed by atoms with E-state index in [0.717, 1.165) is 24.8 Å². The molecular formula is C12H16N2O3S. The minimum Gasteiger partial charge on any atom is -0.352 e. The van der Waals surface area contributed by atoms with E-state index >= 15 is 0 Å². The van der Waals surface area contributed by atoms with Crippen molar-refractivity contribution in [1.29, 1.82) is 0 Å². The van der Waals surface area contributed by atoms with Crippen molar-refractivity contribution in [3.05, 3.63) is 29.8 Å². The van der Waals surface area contributed by atoms with Crippen molar-refractivity contribution in [1.82, 2.24) is 5.32 Å². The van der Waals surface area contributed by atoms with Gasteiger partial charge < -0.3 is 5.32 Å². The van der Waals surface area contributed by atoms with Crippen LogP contribution in [0, 0.1) is 5.92 Å². The first-order valence-electron chi connectivity index (χ1n) is 5.86. The van der Waals surface area contributed by atoms with E-state index in [1.54, 1.807) is 12.1 Å². The number of nitrogens with two attached hydrogens (primary N) is 1. The van der Waals surface area contributed by atoms with Crippen LogP contribution in [-0.2, 0) is 21.4 Å². The number of carbonyl (C=O) groups excluding carboxylic acids is 1. The fourth-order valence-corrected chi connectivity index (χ4v) is 2.32. The predicted molar refractivity (Wildman–Crippen MR) is 67.0 cm³/mol. The number of rotatable bonds is 4. The first-order valence-corrected chi connectivity index (χ1v) is 7.41. The summed E-state index contributed by atoms with van der Waals surface area (Å²) in [6.07, 6.45) is 3.06. The van der Waals surface area contributed by atoms with Crippen LogP contribution >= 0.6 is 0 Å². The zero-order valence-corrected chi connectivity index (χ0v) is 10.7. The summed E-state index contributed by atoms with van der Waals surface area (Å²) in [5.74, 6) is 0.241. The monoisotopic (exact) mass is 268 g/mol. The number of sulfonamides is 1. The van der Waals surface area contributed by atoms with Crippen LogP contribution in [0.15, 0.2) is 29.2 Å². The van der Waals surface area contributed by atoms with E-state index in [4.69, 9.17) is 5.14 Å². The van der Waals surface area contributed by atoms with E-state index in [9.17, 15) is 13.2 Å². The molecule has 0 saturated heterocycles. The van der Waals surface area contributed by atoms with Gasteiger partial charge in [-0.1, -0.05) is 18.6 Å². The van der Waals surface area contributed by atoms with Gasteiger partial charge in [0.05, 0.1) is 4.90 Å². The Morgan fingerprint density at radius 3 is 2.33 bits per heavy atom. The highest BCUT2D eigenvalue weighted by atomic mass is 32.2. The van der Waals surface area contributed by atoms with E-state index in [0.29, 0.717) is 6.54 Å². The topological polar surface area (TPSA) is 89.3 Å². The summed E-state index contributed by atoms with van der Waals surface area (Å²) < 4.78 is 22.1. The van der Waals surface area contributed by atoms with Gasteiger partial charge in [-0.2, -0.15) is 0 Å². The highest BCUT2D eigenvalue weighted by molar-refractivity contribution is 7.89. The Morgan fingerprint density at radius 2 is 1.89 bits per heavy atom. The van der Waals surface area contributed by atoms with E-state index < -0.39 is 10.0 Å². The van der Waals surface area contributed by atoms with Gasteiger partial charge in [0.2, 0.25) is 15.9 Å². The number of benzene rings is 1. The Hall–Kier alpha value is -1.40. The van der Waals surface area contributed by atoms with Gasteiger partial charge in [-0.3, -0.25) is 4.79 Å². The molecule has 98 valence electrons. The molecule has 0 aromatic heterocycles. The van der Waals surface area contributed by atoms with Crippen LogP contribution in [0.3, 0.4) is 0 Å². The molecule has 1 amide bonds. The highest BCUT2D eigenvalue weighted by Crippen LogP contribution is 2.26. The molecule has 1 fully saturated rings. The number of hydrogen-bond donors (Lipinski definition) is 2. The summed E-state index contributed by atoms with van der Waals surface area (Å²) >= 11 is 0. The third-order valence-electron chi connectivity index (χ3n) is 3.19. The van der Waals surface area contributed by atoms with Crippen molar-refractivity contribution < 1.29 is 13.2 Å². The Balaban J connectivity index is 1.92. The maximum absolute atomic E-state index is 11.6. The molecule has 5 nitrogen and oxygen atoms in total. The van der Waals surface area contributed by atoms with Crippen molar-refractivity contribution in [2.45, 2.75) is 30.7 Å². The average molecular weight is 268 g/mol. The number of carbonyl (C=O) groups is 1. The van der Waals surface area contributed by atoms with Crippen LogP contribution < -0.4 is 10.5 Å². The van der Waals surface area contributed by atoms with Gasteiger partial charge in [0.15, 0.2) is 0 Å². The van der Waals surface area contributed by atoms with Gasteiger partial charge in [0, 0.05) is 12.5 Å². The molecule has 1 aliphatic carbocycles. The van der Waals surface area contributed by atoms with Gasteiger partial charge in [0.1, 0.15) is 0 Å². The van der Waals surface area contributed by atoms with E-state index in [1.807, 2.05) is 0 Å². The zero-order chi connectivity index (χ0) is 13.2. The predicted octanol–water partition coefficient (Wildman–Crippen LogP) is 0.750. The summed E-state index contributed by atoms with van der Waals surface area (Å²) in [7, 11) is -3.65. The van der Waals surface area contributed by atoms with Crippen molar-refractivity contribution >= 4 is 15.9 Å². The number of amides is 1. The highest BCUT2D eigenvalue weighted by Gasteiger charge is 2.24. The molecule has 0 atom stereocenters. The molecule has 1 saturated carbocycles. The second-order valence-electron chi connectivity index (χ2n) is 4.53. The number of nitrogens with one attached hydrogen (secondary N) is 1. The first kappa shape index (κ1) is 13.0. The zero-order valence-electron chi connectivity index (χ0n) is 9.93. The van der Waals surface area contributed by atoms with Crippen LogP contribution in [0.1, 0.15) is 24.8 Å². The van der Waals surface area contributed by atoms with Gasteiger partial charge in [-0.15, -0.1) is 0 Å². The smallest absolute Gasteiger partial charge is 0.238 e. The largest absolute Gasteiger partial charge is 0.352 e. The molecule has 0 aliphatic heterocycles. The van der Waals surface area contributed by atoms with Gasteiger partial charge in [-0.25, -0.2) is 13.6 Å². The summed E-state index contributed by atoms with van der Waals surface area (Å²) in [5, 5.41) is 7.84. The van der Waals surface area contributed by atoms with Crippen molar-refractivity contribution in [3.8, 4) is 0 Å². The molecular weight excluding hydrogens is 252 g/mol. The number of hydrogen-bond acceptors (Lipinski definition) is 3. The van der Waals surface area contributed by atoms with Crippen LogP contribution in [0.2, 0.25) is 0 Å². The van der Waals surface area contributed by atoms with E-state index in [1.165, 1.54) is 12.1 Å². The lowest BCUT2D eigenvalue weighted by Crippen LogP contribution is -2.33. The second kappa shape index (κ2) is 5.07. The second-order valence-corrected chi connectivity index (χ2v) is 6.10. The molecule has 2 rings (SSSR count). The summed E-state index contributed by atoms with van der Waals surface area (Å²) in [6.45, 7) is 0.417. The van der Waals surface area contributed by atoms with Crippen LogP contribution in [0.4, 0.5) is 0 Å². The summed E-state index contributed by atoms with van der Waals surface area (Å²) in [4.78, 5) is 11.7. The summed E-state index contributed by atoms with van der Waals surface area (Å²) in [6, 6.07) is 6.20. The molecule has 6 heteroatoms. The lowest BCUT2D eigenvalue weighted by molar-refractivity contribution is -0.127. The quantitative estimate of drug-likeness (QED) is 0.844. The Kier molecular flexibility index (Phi) is 3.68. The maximum atomic E-state index is 11.6. The van der Waals surface area contributed by atoms with Gasteiger partial charge >= 0.3 is 0 Å². The van der Waals surface area contributed by atoms with E-state index in [2.05, 4.69) is 5.32 Å². The molecule has 0 unspecified atom stereocenters. The summed E-state index contributed by atoms with van der Waals surface area (Å²) in [5.41, 5.74) is 0.857. The molecule has 1 aromatic carbocycles. The fraction of sp³-hybridized carbons (Fsp3) is 0.417. The van der Waals surface area contributed by atoms with Crippen LogP contribution in [0.25, 0.3) is 0 Å². The Morgan fingerprint density at radius 1 is 1.28 bits per heavy atom. The van der Waals surface area contributed by atoms with Crippen LogP contribution in [-0.4, -0.2) is 14.3 Å². The molecule has 0 radical (unpaired) electrons. The maximum Gasteiger partial charge on any atom is 0.238 e. The average Bonchev–Trinajstić information content (AvgIpc) is 2.23. The van der Waals surface area contributed by atoms with E-state index in [-0.39, 0.29) is 16.7 Å². The number of primary sulfonamides is 1.